The molecule has 124 valence electrons. The van der Waals surface area contributed by atoms with E-state index in [9.17, 15) is 9.59 Å². The fourth-order valence-corrected chi connectivity index (χ4v) is 3.68. The number of piperidine rings is 1. The smallest absolute Gasteiger partial charge is 0.254 e. The van der Waals surface area contributed by atoms with Gasteiger partial charge in [0, 0.05) is 38.9 Å². The highest BCUT2D eigenvalue weighted by molar-refractivity contribution is 5.96. The van der Waals surface area contributed by atoms with Crippen LogP contribution >= 0.6 is 0 Å². The molecule has 2 saturated heterocycles. The molecular formula is C18H24N2O3. The summed E-state index contributed by atoms with van der Waals surface area (Å²) in [7, 11) is 1.65. The van der Waals surface area contributed by atoms with Gasteiger partial charge in [0.1, 0.15) is 0 Å². The SMILES string of the molecule is COCCN1CCC2CN(C(=O)c3ccccc3C)CC2C1=O. The quantitative estimate of drug-likeness (QED) is 0.847. The fourth-order valence-electron chi connectivity index (χ4n) is 3.68. The summed E-state index contributed by atoms with van der Waals surface area (Å²) in [6.45, 7) is 5.17. The van der Waals surface area contributed by atoms with E-state index in [1.165, 1.54) is 0 Å². The van der Waals surface area contributed by atoms with E-state index < -0.39 is 0 Å². The van der Waals surface area contributed by atoms with Crippen molar-refractivity contribution in [1.29, 1.82) is 0 Å². The van der Waals surface area contributed by atoms with Crippen LogP contribution in [0.3, 0.4) is 0 Å². The van der Waals surface area contributed by atoms with E-state index in [2.05, 4.69) is 0 Å². The number of hydrogen-bond donors (Lipinski definition) is 0. The monoisotopic (exact) mass is 316 g/mol. The van der Waals surface area contributed by atoms with Crippen LogP contribution in [-0.2, 0) is 9.53 Å². The first-order chi connectivity index (χ1) is 11.1. The standard InChI is InChI=1S/C18H24N2O3/c1-13-5-3-4-6-15(13)17(21)20-11-14-7-8-19(9-10-23-2)18(22)16(14)12-20/h3-6,14,16H,7-12H2,1-2H3. The maximum absolute atomic E-state index is 12.8. The summed E-state index contributed by atoms with van der Waals surface area (Å²) in [5.41, 5.74) is 1.73. The summed E-state index contributed by atoms with van der Waals surface area (Å²) in [5, 5.41) is 0. The van der Waals surface area contributed by atoms with Crippen LogP contribution in [0.4, 0.5) is 0 Å². The van der Waals surface area contributed by atoms with Gasteiger partial charge in [0.15, 0.2) is 0 Å². The van der Waals surface area contributed by atoms with E-state index >= 15 is 0 Å². The number of ether oxygens (including phenoxy) is 1. The van der Waals surface area contributed by atoms with Gasteiger partial charge in [0.2, 0.25) is 5.91 Å². The first kappa shape index (κ1) is 16.0. The van der Waals surface area contributed by atoms with E-state index in [0.717, 1.165) is 24.1 Å². The Morgan fingerprint density at radius 2 is 2.09 bits per heavy atom. The summed E-state index contributed by atoms with van der Waals surface area (Å²) in [5.74, 6) is 0.481. The van der Waals surface area contributed by atoms with Crippen molar-refractivity contribution >= 4 is 11.8 Å². The lowest BCUT2D eigenvalue weighted by molar-refractivity contribution is -0.140. The van der Waals surface area contributed by atoms with Gasteiger partial charge < -0.3 is 14.5 Å². The first-order valence-electron chi connectivity index (χ1n) is 8.24. The lowest BCUT2D eigenvalue weighted by Gasteiger charge is -2.33. The predicted molar refractivity (Wildman–Crippen MR) is 87.1 cm³/mol. The van der Waals surface area contributed by atoms with E-state index in [1.807, 2.05) is 41.0 Å². The number of likely N-dealkylation sites (tertiary alicyclic amines) is 2. The molecule has 5 heteroatoms. The molecule has 0 aromatic heterocycles. The molecule has 0 N–H and O–H groups in total. The van der Waals surface area contributed by atoms with Crippen LogP contribution in [0.25, 0.3) is 0 Å². The normalized spacial score (nSPS) is 24.0. The van der Waals surface area contributed by atoms with Crippen LogP contribution in [-0.4, -0.2) is 61.5 Å². The number of fused-ring (bicyclic) bond motifs is 1. The molecule has 0 saturated carbocycles. The molecule has 2 unspecified atom stereocenters. The lowest BCUT2D eigenvalue weighted by Crippen LogP contribution is -2.46. The Hall–Kier alpha value is -1.88. The van der Waals surface area contributed by atoms with Crippen molar-refractivity contribution in [3.8, 4) is 0 Å². The van der Waals surface area contributed by atoms with Crippen LogP contribution in [0.15, 0.2) is 24.3 Å². The molecular weight excluding hydrogens is 292 g/mol. The molecule has 1 aromatic rings. The number of amides is 2. The maximum Gasteiger partial charge on any atom is 0.254 e. The molecule has 2 amide bonds. The number of hydrogen-bond acceptors (Lipinski definition) is 3. The Labute approximate surface area is 137 Å². The van der Waals surface area contributed by atoms with Gasteiger partial charge in [-0.25, -0.2) is 0 Å². The zero-order valence-corrected chi connectivity index (χ0v) is 13.8. The predicted octanol–water partition coefficient (Wildman–Crippen LogP) is 1.56. The third-order valence-electron chi connectivity index (χ3n) is 5.07. The molecule has 5 nitrogen and oxygen atoms in total. The highest BCUT2D eigenvalue weighted by Gasteiger charge is 2.44. The largest absolute Gasteiger partial charge is 0.383 e. The molecule has 2 aliphatic heterocycles. The second kappa shape index (κ2) is 6.71. The minimum absolute atomic E-state index is 0.0476. The number of nitrogens with zero attached hydrogens (tertiary/aromatic N) is 2. The van der Waals surface area contributed by atoms with Gasteiger partial charge in [-0.05, 0) is 30.9 Å². The van der Waals surface area contributed by atoms with Crippen molar-refractivity contribution in [3.63, 3.8) is 0 Å². The van der Waals surface area contributed by atoms with Crippen LogP contribution in [0.1, 0.15) is 22.3 Å². The van der Waals surface area contributed by atoms with E-state index in [4.69, 9.17) is 4.74 Å². The number of aryl methyl sites for hydroxylation is 1. The van der Waals surface area contributed by atoms with E-state index in [1.54, 1.807) is 7.11 Å². The number of carbonyl (C=O) groups is 2. The number of benzene rings is 1. The van der Waals surface area contributed by atoms with Gasteiger partial charge in [-0.15, -0.1) is 0 Å². The minimum atomic E-state index is -0.0476. The number of rotatable bonds is 4. The molecule has 0 bridgehead atoms. The summed E-state index contributed by atoms with van der Waals surface area (Å²) >= 11 is 0. The molecule has 2 atom stereocenters. The second-order valence-corrected chi connectivity index (χ2v) is 6.50. The van der Waals surface area contributed by atoms with Crippen molar-refractivity contribution in [1.82, 2.24) is 9.80 Å². The molecule has 0 spiro atoms. The van der Waals surface area contributed by atoms with Crippen LogP contribution < -0.4 is 0 Å². The summed E-state index contributed by atoms with van der Waals surface area (Å²) < 4.78 is 5.08. The van der Waals surface area contributed by atoms with Gasteiger partial charge in [-0.1, -0.05) is 18.2 Å². The van der Waals surface area contributed by atoms with Crippen molar-refractivity contribution in [3.05, 3.63) is 35.4 Å². The van der Waals surface area contributed by atoms with E-state index in [0.29, 0.717) is 32.2 Å². The third kappa shape index (κ3) is 3.11. The molecule has 2 fully saturated rings. The molecule has 1 aromatic carbocycles. The summed E-state index contributed by atoms with van der Waals surface area (Å²) in [4.78, 5) is 29.1. The number of carbonyl (C=O) groups excluding carboxylic acids is 2. The highest BCUT2D eigenvalue weighted by atomic mass is 16.5. The van der Waals surface area contributed by atoms with Crippen molar-refractivity contribution in [2.45, 2.75) is 13.3 Å². The second-order valence-electron chi connectivity index (χ2n) is 6.50. The van der Waals surface area contributed by atoms with Crippen LogP contribution in [0, 0.1) is 18.8 Å². The summed E-state index contributed by atoms with van der Waals surface area (Å²) in [6.07, 6.45) is 0.970. The Kier molecular flexibility index (Phi) is 4.66. The van der Waals surface area contributed by atoms with Crippen LogP contribution in [0.2, 0.25) is 0 Å². The van der Waals surface area contributed by atoms with Crippen molar-refractivity contribution in [2.75, 3.05) is 39.9 Å². The Morgan fingerprint density at radius 1 is 1.30 bits per heavy atom. The van der Waals surface area contributed by atoms with Gasteiger partial charge in [0.25, 0.3) is 5.91 Å². The zero-order chi connectivity index (χ0) is 16.4. The Bertz CT molecular complexity index is 602. The van der Waals surface area contributed by atoms with Gasteiger partial charge in [0.05, 0.1) is 12.5 Å². The maximum atomic E-state index is 12.8. The molecule has 2 heterocycles. The van der Waals surface area contributed by atoms with Crippen molar-refractivity contribution in [2.24, 2.45) is 11.8 Å². The van der Waals surface area contributed by atoms with Gasteiger partial charge in [-0.3, -0.25) is 9.59 Å². The first-order valence-corrected chi connectivity index (χ1v) is 8.24. The summed E-state index contributed by atoms with van der Waals surface area (Å²) in [6, 6.07) is 7.65. The Morgan fingerprint density at radius 3 is 2.83 bits per heavy atom. The van der Waals surface area contributed by atoms with E-state index in [-0.39, 0.29) is 17.7 Å². The van der Waals surface area contributed by atoms with Crippen molar-refractivity contribution < 1.29 is 14.3 Å². The topological polar surface area (TPSA) is 49.9 Å². The molecule has 3 rings (SSSR count). The molecule has 23 heavy (non-hydrogen) atoms. The zero-order valence-electron chi connectivity index (χ0n) is 13.8. The average molecular weight is 316 g/mol. The van der Waals surface area contributed by atoms with Crippen LogP contribution in [0.5, 0.6) is 0 Å². The lowest BCUT2D eigenvalue weighted by atomic mass is 9.88. The molecule has 2 aliphatic rings. The third-order valence-corrected chi connectivity index (χ3v) is 5.07. The average Bonchev–Trinajstić information content (AvgIpc) is 2.99. The molecule has 0 radical (unpaired) electrons. The fraction of sp³-hybridized carbons (Fsp3) is 0.556. The minimum Gasteiger partial charge on any atom is -0.383 e. The van der Waals surface area contributed by atoms with Gasteiger partial charge in [-0.2, -0.15) is 0 Å². The molecule has 0 aliphatic carbocycles. The Balaban J connectivity index is 1.69. The van der Waals surface area contributed by atoms with Gasteiger partial charge >= 0.3 is 0 Å². The number of methoxy groups -OCH3 is 1. The highest BCUT2D eigenvalue weighted by Crippen LogP contribution is 2.33.